The lowest BCUT2D eigenvalue weighted by Crippen LogP contribution is -2.15. The molecule has 0 saturated heterocycles. The first-order valence-corrected chi connectivity index (χ1v) is 12.1. The molecule has 9 nitrogen and oxygen atoms in total. The van der Waals surface area contributed by atoms with Crippen LogP contribution in [0.5, 0.6) is 0 Å². The van der Waals surface area contributed by atoms with E-state index in [1.807, 2.05) is 6.92 Å². The molecule has 0 aliphatic rings. The highest BCUT2D eigenvalue weighted by atomic mass is 32.2. The second kappa shape index (κ2) is 9.96. The molecular formula is C21H22N4O5S2. The maximum absolute atomic E-state index is 12.6. The van der Waals surface area contributed by atoms with Crippen LogP contribution in [0.25, 0.3) is 0 Å². The van der Waals surface area contributed by atoms with Crippen LogP contribution in [0.3, 0.4) is 0 Å². The lowest BCUT2D eigenvalue weighted by molar-refractivity contribution is -0.113. The lowest BCUT2D eigenvalue weighted by atomic mass is 10.2. The number of nitrogens with zero attached hydrogens (tertiary/aromatic N) is 3. The van der Waals surface area contributed by atoms with E-state index in [4.69, 9.17) is 0 Å². The van der Waals surface area contributed by atoms with Crippen LogP contribution in [-0.4, -0.2) is 47.9 Å². The molecule has 0 atom stereocenters. The van der Waals surface area contributed by atoms with Crippen molar-refractivity contribution in [2.24, 2.45) is 7.05 Å². The van der Waals surface area contributed by atoms with E-state index >= 15 is 0 Å². The van der Waals surface area contributed by atoms with Gasteiger partial charge < -0.3 is 14.6 Å². The quantitative estimate of drug-likeness (QED) is 0.391. The average molecular weight is 475 g/mol. The number of anilines is 1. The number of thioether (sulfide) groups is 1. The number of ether oxygens (including phenoxy) is 1. The van der Waals surface area contributed by atoms with Gasteiger partial charge in [-0.1, -0.05) is 29.5 Å². The second-order valence-corrected chi connectivity index (χ2v) is 9.87. The normalized spacial score (nSPS) is 11.2. The van der Waals surface area contributed by atoms with Crippen LogP contribution in [-0.2, 0) is 32.2 Å². The average Bonchev–Trinajstić information content (AvgIpc) is 3.11. The largest absolute Gasteiger partial charge is 0.465 e. The van der Waals surface area contributed by atoms with Crippen molar-refractivity contribution in [1.82, 2.24) is 14.8 Å². The molecule has 0 radical (unpaired) electrons. The SMILES string of the molecule is COC(=O)c1ccc(NC(=O)CSc2nnc(CS(=O)(=O)c3ccc(C)cc3)n2C)cc1. The molecule has 32 heavy (non-hydrogen) atoms. The van der Waals surface area contributed by atoms with Crippen LogP contribution in [0.4, 0.5) is 5.69 Å². The minimum absolute atomic E-state index is 0.0510. The Balaban J connectivity index is 1.59. The highest BCUT2D eigenvalue weighted by Crippen LogP contribution is 2.20. The number of hydrogen-bond donors (Lipinski definition) is 1. The van der Waals surface area contributed by atoms with Gasteiger partial charge in [0, 0.05) is 12.7 Å². The summed E-state index contributed by atoms with van der Waals surface area (Å²) in [4.78, 5) is 23.9. The Morgan fingerprint density at radius 2 is 1.72 bits per heavy atom. The Morgan fingerprint density at radius 3 is 2.34 bits per heavy atom. The third kappa shape index (κ3) is 5.74. The number of rotatable bonds is 8. The summed E-state index contributed by atoms with van der Waals surface area (Å²) in [7, 11) is -0.613. The van der Waals surface area contributed by atoms with E-state index in [0.29, 0.717) is 16.4 Å². The van der Waals surface area contributed by atoms with Crippen molar-refractivity contribution in [2.45, 2.75) is 22.7 Å². The van der Waals surface area contributed by atoms with Crippen LogP contribution in [0, 0.1) is 6.92 Å². The van der Waals surface area contributed by atoms with Gasteiger partial charge in [0.25, 0.3) is 0 Å². The van der Waals surface area contributed by atoms with Gasteiger partial charge in [0.2, 0.25) is 5.91 Å². The number of nitrogens with one attached hydrogen (secondary N) is 1. The van der Waals surface area contributed by atoms with E-state index in [1.54, 1.807) is 60.1 Å². The summed E-state index contributed by atoms with van der Waals surface area (Å²) < 4.78 is 31.5. The fourth-order valence-corrected chi connectivity index (χ4v) is 4.77. The van der Waals surface area contributed by atoms with Crippen LogP contribution < -0.4 is 5.32 Å². The van der Waals surface area contributed by atoms with E-state index < -0.39 is 15.8 Å². The van der Waals surface area contributed by atoms with Crippen molar-refractivity contribution in [2.75, 3.05) is 18.2 Å². The standard InChI is InChI=1S/C21H22N4O5S2/c1-14-4-10-17(11-5-14)32(28,29)13-18-23-24-21(25(18)2)31-12-19(26)22-16-8-6-15(7-9-16)20(27)30-3/h4-11H,12-13H2,1-3H3,(H,22,26). The third-order valence-corrected chi connectivity index (χ3v) is 7.20. The molecule has 1 aromatic heterocycles. The smallest absolute Gasteiger partial charge is 0.337 e. The molecular weight excluding hydrogens is 452 g/mol. The predicted octanol–water partition coefficient (Wildman–Crippen LogP) is 2.61. The zero-order valence-electron chi connectivity index (χ0n) is 17.7. The van der Waals surface area contributed by atoms with E-state index in [2.05, 4.69) is 20.3 Å². The van der Waals surface area contributed by atoms with Gasteiger partial charge in [-0.25, -0.2) is 13.2 Å². The third-order valence-electron chi connectivity index (χ3n) is 4.55. The molecule has 0 aliphatic heterocycles. The Kier molecular flexibility index (Phi) is 7.31. The van der Waals surface area contributed by atoms with Crippen LogP contribution >= 0.6 is 11.8 Å². The van der Waals surface area contributed by atoms with E-state index in [-0.39, 0.29) is 28.1 Å². The van der Waals surface area contributed by atoms with Gasteiger partial charge in [-0.3, -0.25) is 4.79 Å². The first-order valence-electron chi connectivity index (χ1n) is 9.48. The van der Waals surface area contributed by atoms with Gasteiger partial charge in [0.1, 0.15) is 11.6 Å². The van der Waals surface area contributed by atoms with Crippen molar-refractivity contribution in [1.29, 1.82) is 0 Å². The number of benzene rings is 2. The first kappa shape index (κ1) is 23.5. The molecule has 2 aromatic carbocycles. The Morgan fingerprint density at radius 1 is 1.06 bits per heavy atom. The summed E-state index contributed by atoms with van der Waals surface area (Å²) in [5.74, 6) is -0.695. The molecule has 0 aliphatic carbocycles. The van der Waals surface area contributed by atoms with E-state index in [1.165, 1.54) is 7.11 Å². The van der Waals surface area contributed by atoms with Crippen molar-refractivity contribution in [3.05, 3.63) is 65.5 Å². The summed E-state index contributed by atoms with van der Waals surface area (Å²) in [5.41, 5.74) is 1.89. The van der Waals surface area contributed by atoms with Crippen LogP contribution in [0.15, 0.2) is 58.6 Å². The van der Waals surface area contributed by atoms with Crippen molar-refractivity contribution in [3.63, 3.8) is 0 Å². The Hall–Kier alpha value is -3.18. The molecule has 0 saturated carbocycles. The molecule has 0 fully saturated rings. The molecule has 0 spiro atoms. The van der Waals surface area contributed by atoms with Crippen LogP contribution in [0.1, 0.15) is 21.7 Å². The van der Waals surface area contributed by atoms with Gasteiger partial charge >= 0.3 is 5.97 Å². The zero-order chi connectivity index (χ0) is 23.3. The molecule has 168 valence electrons. The van der Waals surface area contributed by atoms with Gasteiger partial charge in [-0.2, -0.15) is 0 Å². The lowest BCUT2D eigenvalue weighted by Gasteiger charge is -2.07. The summed E-state index contributed by atoms with van der Waals surface area (Å²) in [5, 5.41) is 11.1. The number of methoxy groups -OCH3 is 1. The molecule has 1 heterocycles. The molecule has 0 unspecified atom stereocenters. The molecule has 1 amide bonds. The number of amides is 1. The number of esters is 1. The summed E-state index contributed by atoms with van der Waals surface area (Å²) in [6.07, 6.45) is 0. The van der Waals surface area contributed by atoms with Gasteiger partial charge in [0.15, 0.2) is 15.0 Å². The minimum atomic E-state index is -3.57. The zero-order valence-corrected chi connectivity index (χ0v) is 19.4. The highest BCUT2D eigenvalue weighted by Gasteiger charge is 2.20. The van der Waals surface area contributed by atoms with Gasteiger partial charge in [-0.15, -0.1) is 10.2 Å². The first-order chi connectivity index (χ1) is 15.2. The summed E-state index contributed by atoms with van der Waals surface area (Å²) in [6.45, 7) is 1.89. The van der Waals surface area contributed by atoms with E-state index in [0.717, 1.165) is 17.3 Å². The molecule has 3 rings (SSSR count). The number of sulfone groups is 1. The van der Waals surface area contributed by atoms with Crippen LogP contribution in [0.2, 0.25) is 0 Å². The Bertz CT molecular complexity index is 1220. The number of hydrogen-bond acceptors (Lipinski definition) is 8. The molecule has 11 heteroatoms. The van der Waals surface area contributed by atoms with Crippen molar-refractivity contribution < 1.29 is 22.7 Å². The number of aromatic nitrogens is 3. The predicted molar refractivity (Wildman–Crippen MR) is 120 cm³/mol. The minimum Gasteiger partial charge on any atom is -0.465 e. The fraction of sp³-hybridized carbons (Fsp3) is 0.238. The topological polar surface area (TPSA) is 120 Å². The van der Waals surface area contributed by atoms with Gasteiger partial charge in [-0.05, 0) is 43.3 Å². The van der Waals surface area contributed by atoms with Crippen molar-refractivity contribution >= 4 is 39.2 Å². The number of carbonyl (C=O) groups is 2. The molecule has 3 aromatic rings. The van der Waals surface area contributed by atoms with Gasteiger partial charge in [0.05, 0.1) is 23.3 Å². The van der Waals surface area contributed by atoms with E-state index in [9.17, 15) is 18.0 Å². The maximum atomic E-state index is 12.6. The monoisotopic (exact) mass is 474 g/mol. The second-order valence-electron chi connectivity index (χ2n) is 6.94. The number of carbonyl (C=O) groups excluding carboxylic acids is 2. The fourth-order valence-electron chi connectivity index (χ4n) is 2.73. The summed E-state index contributed by atoms with van der Waals surface area (Å²) >= 11 is 1.14. The maximum Gasteiger partial charge on any atom is 0.337 e. The molecule has 1 N–H and O–H groups in total. The van der Waals surface area contributed by atoms with Crippen molar-refractivity contribution in [3.8, 4) is 0 Å². The highest BCUT2D eigenvalue weighted by molar-refractivity contribution is 7.99. The molecule has 0 bridgehead atoms. The number of aryl methyl sites for hydroxylation is 1. The Labute approximate surface area is 190 Å². The summed E-state index contributed by atoms with van der Waals surface area (Å²) in [6, 6.07) is 12.9.